The Labute approximate surface area is 109 Å². The maximum Gasteiger partial charge on any atom is 0.142 e. The third-order valence-electron chi connectivity index (χ3n) is 2.57. The van der Waals surface area contributed by atoms with E-state index in [1.165, 1.54) is 6.07 Å². The highest BCUT2D eigenvalue weighted by Gasteiger charge is 2.10. The van der Waals surface area contributed by atoms with Crippen molar-refractivity contribution in [2.45, 2.75) is 12.8 Å². The van der Waals surface area contributed by atoms with Gasteiger partial charge in [0.15, 0.2) is 0 Å². The van der Waals surface area contributed by atoms with Gasteiger partial charge in [-0.1, -0.05) is 23.7 Å². The molecule has 0 aliphatic rings. The van der Waals surface area contributed by atoms with E-state index < -0.39 is 5.82 Å². The number of hydrogen-bond acceptors (Lipinski definition) is 2. The summed E-state index contributed by atoms with van der Waals surface area (Å²) in [6, 6.07) is 8.06. The molecule has 0 saturated heterocycles. The SMILES string of the molecule is O=C(Cc1ccncc1)Cc1cccc(F)c1Cl. The van der Waals surface area contributed by atoms with Crippen LogP contribution in [-0.4, -0.2) is 10.8 Å². The van der Waals surface area contributed by atoms with Gasteiger partial charge in [-0.05, 0) is 29.3 Å². The largest absolute Gasteiger partial charge is 0.299 e. The van der Waals surface area contributed by atoms with Crippen LogP contribution in [0.2, 0.25) is 5.02 Å². The van der Waals surface area contributed by atoms with Crippen LogP contribution in [0, 0.1) is 5.82 Å². The van der Waals surface area contributed by atoms with Gasteiger partial charge >= 0.3 is 0 Å². The van der Waals surface area contributed by atoms with E-state index in [1.54, 1.807) is 36.7 Å². The van der Waals surface area contributed by atoms with E-state index in [4.69, 9.17) is 11.6 Å². The lowest BCUT2D eigenvalue weighted by molar-refractivity contribution is -0.117. The summed E-state index contributed by atoms with van der Waals surface area (Å²) in [6.07, 6.45) is 3.71. The van der Waals surface area contributed by atoms with Crippen LogP contribution in [0.25, 0.3) is 0 Å². The number of rotatable bonds is 4. The Balaban J connectivity index is 2.06. The van der Waals surface area contributed by atoms with Crippen molar-refractivity contribution in [2.75, 3.05) is 0 Å². The zero-order valence-corrected chi connectivity index (χ0v) is 10.3. The van der Waals surface area contributed by atoms with Gasteiger partial charge in [0.2, 0.25) is 0 Å². The normalized spacial score (nSPS) is 10.3. The van der Waals surface area contributed by atoms with Gasteiger partial charge in [0.1, 0.15) is 11.6 Å². The van der Waals surface area contributed by atoms with Gasteiger partial charge in [-0.2, -0.15) is 0 Å². The number of ketones is 1. The lowest BCUT2D eigenvalue weighted by Gasteiger charge is -2.04. The smallest absolute Gasteiger partial charge is 0.142 e. The van der Waals surface area contributed by atoms with Gasteiger partial charge in [-0.3, -0.25) is 9.78 Å². The molecule has 0 amide bonds. The molecule has 0 saturated carbocycles. The fourth-order valence-electron chi connectivity index (χ4n) is 1.69. The summed E-state index contributed by atoms with van der Waals surface area (Å²) in [6.45, 7) is 0. The molecule has 18 heavy (non-hydrogen) atoms. The molecule has 0 radical (unpaired) electrons. The minimum atomic E-state index is -0.495. The highest BCUT2D eigenvalue weighted by Crippen LogP contribution is 2.20. The molecular weight excluding hydrogens is 253 g/mol. The molecule has 2 rings (SSSR count). The van der Waals surface area contributed by atoms with Gasteiger partial charge in [-0.15, -0.1) is 0 Å². The molecule has 2 nitrogen and oxygen atoms in total. The highest BCUT2D eigenvalue weighted by atomic mass is 35.5. The topological polar surface area (TPSA) is 30.0 Å². The van der Waals surface area contributed by atoms with Gasteiger partial charge in [-0.25, -0.2) is 4.39 Å². The number of carbonyl (C=O) groups is 1. The molecular formula is C14H11ClFNO. The summed E-state index contributed by atoms with van der Waals surface area (Å²) >= 11 is 5.80. The highest BCUT2D eigenvalue weighted by molar-refractivity contribution is 6.31. The van der Waals surface area contributed by atoms with E-state index >= 15 is 0 Å². The maximum absolute atomic E-state index is 13.2. The predicted octanol–water partition coefficient (Wildman–Crippen LogP) is 3.23. The van der Waals surface area contributed by atoms with Gasteiger partial charge in [0.05, 0.1) is 5.02 Å². The molecule has 0 atom stereocenters. The summed E-state index contributed by atoms with van der Waals surface area (Å²) in [5, 5.41) is 0.0283. The van der Waals surface area contributed by atoms with E-state index in [-0.39, 0.29) is 17.2 Å². The third-order valence-corrected chi connectivity index (χ3v) is 2.99. The summed E-state index contributed by atoms with van der Waals surface area (Å²) in [5.41, 5.74) is 1.42. The first-order valence-electron chi connectivity index (χ1n) is 5.50. The fraction of sp³-hybridized carbons (Fsp3) is 0.143. The van der Waals surface area contributed by atoms with E-state index in [0.29, 0.717) is 12.0 Å². The van der Waals surface area contributed by atoms with Crippen LogP contribution in [0.3, 0.4) is 0 Å². The van der Waals surface area contributed by atoms with Crippen LogP contribution >= 0.6 is 11.6 Å². The Hall–Kier alpha value is -1.74. The number of pyridine rings is 1. The van der Waals surface area contributed by atoms with Gasteiger partial charge in [0, 0.05) is 25.2 Å². The second kappa shape index (κ2) is 5.74. The van der Waals surface area contributed by atoms with E-state index in [1.807, 2.05) is 0 Å². The average Bonchev–Trinajstić information content (AvgIpc) is 2.36. The molecule has 1 heterocycles. The Morgan fingerprint density at radius 3 is 2.61 bits per heavy atom. The fourth-order valence-corrected chi connectivity index (χ4v) is 1.88. The summed E-state index contributed by atoms with van der Waals surface area (Å²) in [4.78, 5) is 15.7. The second-order valence-corrected chi connectivity index (χ2v) is 4.34. The van der Waals surface area contributed by atoms with Gasteiger partial charge in [0.25, 0.3) is 0 Å². The number of Topliss-reactive ketones (excluding diaryl/α,β-unsaturated/α-hetero) is 1. The van der Waals surface area contributed by atoms with Crippen LogP contribution in [0.4, 0.5) is 4.39 Å². The second-order valence-electron chi connectivity index (χ2n) is 3.96. The van der Waals surface area contributed by atoms with Crippen LogP contribution in [0.5, 0.6) is 0 Å². The van der Waals surface area contributed by atoms with Crippen LogP contribution in [0.1, 0.15) is 11.1 Å². The third kappa shape index (κ3) is 3.14. The lowest BCUT2D eigenvalue weighted by atomic mass is 10.0. The summed E-state index contributed by atoms with van der Waals surface area (Å²) < 4.78 is 13.2. The molecule has 0 bridgehead atoms. The van der Waals surface area contributed by atoms with Crippen LogP contribution in [-0.2, 0) is 17.6 Å². The lowest BCUT2D eigenvalue weighted by Crippen LogP contribution is -2.07. The zero-order valence-electron chi connectivity index (χ0n) is 9.57. The van der Waals surface area contributed by atoms with Crippen molar-refractivity contribution in [1.82, 2.24) is 4.98 Å². The first-order valence-corrected chi connectivity index (χ1v) is 5.88. The van der Waals surface area contributed by atoms with Crippen molar-refractivity contribution < 1.29 is 9.18 Å². The molecule has 0 aliphatic heterocycles. The molecule has 0 fully saturated rings. The Bertz CT molecular complexity index is 557. The number of halogens is 2. The summed E-state index contributed by atoms with van der Waals surface area (Å²) in [7, 11) is 0. The standard InChI is InChI=1S/C14H11ClFNO/c15-14-11(2-1-3-13(14)16)9-12(18)8-10-4-6-17-7-5-10/h1-7H,8-9H2. The van der Waals surface area contributed by atoms with E-state index in [2.05, 4.69) is 4.98 Å². The molecule has 0 unspecified atom stereocenters. The molecule has 4 heteroatoms. The number of aromatic nitrogens is 1. The average molecular weight is 264 g/mol. The Morgan fingerprint density at radius 1 is 1.17 bits per heavy atom. The first-order chi connectivity index (χ1) is 8.66. The van der Waals surface area contributed by atoms with Crippen LogP contribution < -0.4 is 0 Å². The van der Waals surface area contributed by atoms with Crippen molar-refractivity contribution >= 4 is 17.4 Å². The number of hydrogen-bond donors (Lipinski definition) is 0. The number of benzene rings is 1. The summed E-state index contributed by atoms with van der Waals surface area (Å²) in [5.74, 6) is -0.500. The van der Waals surface area contributed by atoms with Crippen molar-refractivity contribution in [3.8, 4) is 0 Å². The van der Waals surface area contributed by atoms with E-state index in [0.717, 1.165) is 5.56 Å². The first kappa shape index (κ1) is 12.7. The van der Waals surface area contributed by atoms with Crippen molar-refractivity contribution in [2.24, 2.45) is 0 Å². The molecule has 2 aromatic rings. The van der Waals surface area contributed by atoms with Crippen molar-refractivity contribution in [3.63, 3.8) is 0 Å². The zero-order chi connectivity index (χ0) is 13.0. The minimum Gasteiger partial charge on any atom is -0.299 e. The van der Waals surface area contributed by atoms with Gasteiger partial charge < -0.3 is 0 Å². The molecule has 92 valence electrons. The number of nitrogens with zero attached hydrogens (tertiary/aromatic N) is 1. The predicted molar refractivity (Wildman–Crippen MR) is 68.1 cm³/mol. The van der Waals surface area contributed by atoms with E-state index in [9.17, 15) is 9.18 Å². The molecule has 1 aromatic heterocycles. The quantitative estimate of drug-likeness (QED) is 0.848. The molecule has 0 aliphatic carbocycles. The maximum atomic E-state index is 13.2. The molecule has 0 N–H and O–H groups in total. The molecule has 0 spiro atoms. The van der Waals surface area contributed by atoms with Crippen molar-refractivity contribution in [1.29, 1.82) is 0 Å². The monoisotopic (exact) mass is 263 g/mol. The van der Waals surface area contributed by atoms with Crippen LogP contribution in [0.15, 0.2) is 42.7 Å². The Morgan fingerprint density at radius 2 is 1.89 bits per heavy atom. The molecule has 1 aromatic carbocycles. The Kier molecular flexibility index (Phi) is 4.05. The van der Waals surface area contributed by atoms with Crippen molar-refractivity contribution in [3.05, 3.63) is 64.7 Å². The number of carbonyl (C=O) groups excluding carboxylic acids is 1. The minimum absolute atomic E-state index is 0.00583.